The van der Waals surface area contributed by atoms with Gasteiger partial charge in [0.05, 0.1) is 6.04 Å². The molecule has 1 saturated heterocycles. The third-order valence-electron chi connectivity index (χ3n) is 3.33. The summed E-state index contributed by atoms with van der Waals surface area (Å²) in [4.78, 5) is 28.3. The van der Waals surface area contributed by atoms with Crippen molar-refractivity contribution in [1.29, 1.82) is 0 Å². The normalized spacial score (nSPS) is 23.7. The van der Waals surface area contributed by atoms with Crippen LogP contribution in [0.4, 0.5) is 4.79 Å². The molecule has 3 unspecified atom stereocenters. The molecule has 6 heteroatoms. The van der Waals surface area contributed by atoms with Crippen LogP contribution >= 0.6 is 0 Å². The Labute approximate surface area is 117 Å². The van der Waals surface area contributed by atoms with Gasteiger partial charge in [-0.2, -0.15) is 0 Å². The maximum Gasteiger partial charge on any atom is 0.268 e. The first kappa shape index (κ1) is 14.3. The van der Waals surface area contributed by atoms with Crippen LogP contribution in [0.15, 0.2) is 30.3 Å². The molecule has 0 spiro atoms. The van der Waals surface area contributed by atoms with Crippen LogP contribution < -0.4 is 10.4 Å². The van der Waals surface area contributed by atoms with Crippen LogP contribution in [0.1, 0.15) is 31.9 Å². The summed E-state index contributed by atoms with van der Waals surface area (Å²) < 4.78 is 0. The van der Waals surface area contributed by atoms with Crippen LogP contribution in [0.5, 0.6) is 0 Å². The number of hydroxylamine groups is 2. The maximum absolute atomic E-state index is 12.1. The predicted octanol–water partition coefficient (Wildman–Crippen LogP) is 0.601. The lowest BCUT2D eigenvalue weighted by Crippen LogP contribution is -2.47. The molecule has 0 radical (unpaired) electrons. The van der Waals surface area contributed by atoms with E-state index >= 15 is 0 Å². The maximum atomic E-state index is 12.1. The first-order valence-electron chi connectivity index (χ1n) is 6.51. The lowest BCUT2D eigenvalue weighted by atomic mass is 10.1. The summed E-state index contributed by atoms with van der Waals surface area (Å²) in [6.45, 7) is 3.65. The van der Waals surface area contributed by atoms with Gasteiger partial charge in [0.2, 0.25) is 0 Å². The molecule has 108 valence electrons. The lowest BCUT2D eigenvalue weighted by molar-refractivity contribution is -0.251. The fourth-order valence-electron chi connectivity index (χ4n) is 2.28. The molecule has 1 aliphatic rings. The molecule has 3 atom stereocenters. The Morgan fingerprint density at radius 1 is 1.45 bits per heavy atom. The molecule has 1 heterocycles. The number of hydrogen-bond donors (Lipinski definition) is 1. The summed E-state index contributed by atoms with van der Waals surface area (Å²) in [5.74, 6) is -0.385. The molecule has 1 fully saturated rings. The average Bonchev–Trinajstić information content (AvgIpc) is 2.66. The Bertz CT molecular complexity index is 491. The summed E-state index contributed by atoms with van der Waals surface area (Å²) in [6, 6.07) is 8.53. The van der Waals surface area contributed by atoms with Crippen LogP contribution in [0, 0.1) is 0 Å². The summed E-state index contributed by atoms with van der Waals surface area (Å²) >= 11 is 0. The minimum Gasteiger partial charge on any atom is -0.530 e. The van der Waals surface area contributed by atoms with Gasteiger partial charge in [-0.1, -0.05) is 30.3 Å². The molecule has 1 aromatic rings. The van der Waals surface area contributed by atoms with E-state index in [-0.39, 0.29) is 18.1 Å². The number of carboxylic acid groups (broad SMARTS) is 1. The molecule has 1 N–H and O–H groups in total. The highest BCUT2D eigenvalue weighted by molar-refractivity contribution is 5.86. The molecular weight excluding hydrogens is 260 g/mol. The number of carbonyl (C=O) groups excluding carboxylic acids is 2. The largest absolute Gasteiger partial charge is 0.530 e. The van der Waals surface area contributed by atoms with Crippen LogP contribution in [-0.4, -0.2) is 29.1 Å². The highest BCUT2D eigenvalue weighted by atomic mass is 16.7. The van der Waals surface area contributed by atoms with Gasteiger partial charge in [0.15, 0.2) is 0 Å². The Morgan fingerprint density at radius 2 is 2.10 bits per heavy atom. The summed E-state index contributed by atoms with van der Waals surface area (Å²) in [5.41, 5.74) is 0.948. The fourth-order valence-corrected chi connectivity index (χ4v) is 2.28. The molecule has 1 aliphatic heterocycles. The highest BCUT2D eigenvalue weighted by Crippen LogP contribution is 2.25. The topological polar surface area (TPSA) is 81.7 Å². The van der Waals surface area contributed by atoms with Crippen LogP contribution in [0.2, 0.25) is 0 Å². The number of amides is 2. The number of rotatable bonds is 4. The number of benzene rings is 1. The van der Waals surface area contributed by atoms with Crippen molar-refractivity contribution in [2.24, 2.45) is 0 Å². The van der Waals surface area contributed by atoms with E-state index in [1.165, 1.54) is 5.06 Å². The molecule has 0 aromatic heterocycles. The van der Waals surface area contributed by atoms with Gasteiger partial charge in [0, 0.05) is 0 Å². The van der Waals surface area contributed by atoms with E-state index in [4.69, 9.17) is 4.84 Å². The van der Waals surface area contributed by atoms with Crippen molar-refractivity contribution in [3.8, 4) is 0 Å². The van der Waals surface area contributed by atoms with E-state index < -0.39 is 12.1 Å². The van der Waals surface area contributed by atoms with E-state index in [1.807, 2.05) is 44.2 Å². The van der Waals surface area contributed by atoms with Crippen LogP contribution in [-0.2, 0) is 9.63 Å². The first-order chi connectivity index (χ1) is 9.49. The third-order valence-corrected chi connectivity index (χ3v) is 3.33. The van der Waals surface area contributed by atoms with Gasteiger partial charge in [-0.05, 0) is 25.8 Å². The van der Waals surface area contributed by atoms with Gasteiger partial charge in [-0.15, -0.1) is 0 Å². The second-order valence-corrected chi connectivity index (χ2v) is 4.89. The minimum absolute atomic E-state index is 0.189. The molecular formula is C14H17N2O4-. The van der Waals surface area contributed by atoms with E-state index in [0.29, 0.717) is 6.42 Å². The molecule has 6 nitrogen and oxygen atoms in total. The van der Waals surface area contributed by atoms with Crippen molar-refractivity contribution in [3.63, 3.8) is 0 Å². The number of carbonyl (C=O) groups is 2. The molecule has 0 aliphatic carbocycles. The predicted molar refractivity (Wildman–Crippen MR) is 69.2 cm³/mol. The third kappa shape index (κ3) is 3.08. The van der Waals surface area contributed by atoms with Crippen molar-refractivity contribution < 1.29 is 19.5 Å². The summed E-state index contributed by atoms with van der Waals surface area (Å²) in [6.07, 6.45) is -1.37. The average molecular weight is 277 g/mol. The van der Waals surface area contributed by atoms with E-state index in [0.717, 1.165) is 5.56 Å². The van der Waals surface area contributed by atoms with Crippen LogP contribution in [0.3, 0.4) is 0 Å². The second kappa shape index (κ2) is 5.92. The second-order valence-electron chi connectivity index (χ2n) is 4.89. The Kier molecular flexibility index (Phi) is 4.24. The number of nitrogens with zero attached hydrogens (tertiary/aromatic N) is 1. The standard InChI is InChI=1S/C14H18N2O4/c1-9-8-12(15-14(18)19)13(17)16(9)20-10(2)11-6-4-3-5-7-11/h3-7,9-10,12,15H,8H2,1-2H3,(H,18,19)/p-1. The minimum atomic E-state index is -1.45. The highest BCUT2D eigenvalue weighted by Gasteiger charge is 2.39. The van der Waals surface area contributed by atoms with Crippen molar-refractivity contribution in [1.82, 2.24) is 10.4 Å². The quantitative estimate of drug-likeness (QED) is 0.873. The zero-order valence-corrected chi connectivity index (χ0v) is 11.4. The van der Waals surface area contributed by atoms with E-state index in [9.17, 15) is 14.7 Å². The lowest BCUT2D eigenvalue weighted by Gasteiger charge is -2.25. The Balaban J connectivity index is 2.02. The van der Waals surface area contributed by atoms with Gasteiger partial charge >= 0.3 is 0 Å². The fraction of sp³-hybridized carbons (Fsp3) is 0.429. The van der Waals surface area contributed by atoms with E-state index in [2.05, 4.69) is 5.32 Å². The van der Waals surface area contributed by atoms with Crippen molar-refractivity contribution in [2.45, 2.75) is 38.5 Å². The monoisotopic (exact) mass is 277 g/mol. The summed E-state index contributed by atoms with van der Waals surface area (Å²) in [7, 11) is 0. The number of nitrogens with one attached hydrogen (secondary N) is 1. The molecule has 2 rings (SSSR count). The summed E-state index contributed by atoms with van der Waals surface area (Å²) in [5, 5.41) is 13.9. The van der Waals surface area contributed by atoms with Crippen molar-refractivity contribution in [2.75, 3.05) is 0 Å². The van der Waals surface area contributed by atoms with E-state index in [1.54, 1.807) is 0 Å². The molecule has 2 amide bonds. The zero-order valence-electron chi connectivity index (χ0n) is 11.4. The molecule has 20 heavy (non-hydrogen) atoms. The van der Waals surface area contributed by atoms with Gasteiger partial charge in [0.1, 0.15) is 18.2 Å². The molecule has 1 aromatic carbocycles. The zero-order chi connectivity index (χ0) is 14.7. The molecule has 0 saturated carbocycles. The first-order valence-corrected chi connectivity index (χ1v) is 6.51. The Hall–Kier alpha value is -2.08. The van der Waals surface area contributed by atoms with Gasteiger partial charge in [-0.25, -0.2) is 5.06 Å². The Morgan fingerprint density at radius 3 is 2.70 bits per heavy atom. The van der Waals surface area contributed by atoms with Gasteiger partial charge in [0.25, 0.3) is 5.91 Å². The van der Waals surface area contributed by atoms with Crippen molar-refractivity contribution in [3.05, 3.63) is 35.9 Å². The van der Waals surface area contributed by atoms with Gasteiger partial charge in [-0.3, -0.25) is 9.63 Å². The number of hydrogen-bond acceptors (Lipinski definition) is 4. The smallest absolute Gasteiger partial charge is 0.268 e. The van der Waals surface area contributed by atoms with Crippen LogP contribution in [0.25, 0.3) is 0 Å². The van der Waals surface area contributed by atoms with Crippen molar-refractivity contribution >= 4 is 12.0 Å². The SMILES string of the molecule is CC(ON1C(=O)C(NC(=O)[O-])CC1C)c1ccccc1. The molecule has 0 bridgehead atoms. The van der Waals surface area contributed by atoms with Gasteiger partial charge < -0.3 is 15.2 Å².